The van der Waals surface area contributed by atoms with Crippen molar-refractivity contribution in [2.24, 2.45) is 5.92 Å². The normalized spacial score (nSPS) is 14.4. The number of hydrogen-bond donors (Lipinski definition) is 2. The molecule has 0 fully saturated rings. The molecule has 4 heteroatoms. The van der Waals surface area contributed by atoms with E-state index in [2.05, 4.69) is 5.32 Å². The van der Waals surface area contributed by atoms with Crippen LogP contribution in [-0.4, -0.2) is 30.8 Å². The summed E-state index contributed by atoms with van der Waals surface area (Å²) in [6.07, 6.45) is 0. The van der Waals surface area contributed by atoms with Crippen LogP contribution in [0, 0.1) is 5.92 Å². The Morgan fingerprint density at radius 2 is 1.94 bits per heavy atom. The lowest BCUT2D eigenvalue weighted by Gasteiger charge is -2.25. The zero-order chi connectivity index (χ0) is 13.5. The molecule has 0 bridgehead atoms. The van der Waals surface area contributed by atoms with Gasteiger partial charge in [-0.2, -0.15) is 0 Å². The first-order valence-electron chi connectivity index (χ1n) is 6.09. The van der Waals surface area contributed by atoms with Crippen LogP contribution in [0.1, 0.15) is 25.5 Å². The molecule has 4 nitrogen and oxygen atoms in total. The highest BCUT2D eigenvalue weighted by Crippen LogP contribution is 2.16. The van der Waals surface area contributed by atoms with E-state index in [1.54, 1.807) is 7.11 Å². The molecule has 2 atom stereocenters. The molecule has 1 aromatic rings. The molecular formula is C14H21NO3. The molecule has 0 heterocycles. The average Bonchev–Trinajstić information content (AvgIpc) is 2.34. The summed E-state index contributed by atoms with van der Waals surface area (Å²) < 4.78 is 5.16. The van der Waals surface area contributed by atoms with Crippen LogP contribution in [0.15, 0.2) is 30.3 Å². The molecule has 0 aliphatic heterocycles. The minimum absolute atomic E-state index is 0.0190. The number of ether oxygens (including phenoxy) is 1. The Morgan fingerprint density at radius 3 is 2.39 bits per heavy atom. The van der Waals surface area contributed by atoms with Crippen molar-refractivity contribution in [3.05, 3.63) is 35.9 Å². The van der Waals surface area contributed by atoms with Gasteiger partial charge >= 0.3 is 5.97 Å². The van der Waals surface area contributed by atoms with Gasteiger partial charge in [-0.05, 0) is 11.5 Å². The number of carboxylic acids is 1. The van der Waals surface area contributed by atoms with Gasteiger partial charge in [0.2, 0.25) is 0 Å². The van der Waals surface area contributed by atoms with Crippen LogP contribution in [0.2, 0.25) is 0 Å². The van der Waals surface area contributed by atoms with Gasteiger partial charge in [0.25, 0.3) is 0 Å². The predicted molar refractivity (Wildman–Crippen MR) is 70.5 cm³/mol. The lowest BCUT2D eigenvalue weighted by atomic mass is 10.0. The molecule has 0 radical (unpaired) electrons. The third-order valence-electron chi connectivity index (χ3n) is 2.85. The molecule has 0 spiro atoms. The zero-order valence-electron chi connectivity index (χ0n) is 11.1. The molecule has 1 aromatic carbocycles. The van der Waals surface area contributed by atoms with Gasteiger partial charge in [-0.25, -0.2) is 0 Å². The Kier molecular flexibility index (Phi) is 5.82. The van der Waals surface area contributed by atoms with Crippen molar-refractivity contribution >= 4 is 5.97 Å². The molecule has 0 saturated heterocycles. The third-order valence-corrected chi connectivity index (χ3v) is 2.85. The van der Waals surface area contributed by atoms with Gasteiger partial charge < -0.3 is 9.84 Å². The van der Waals surface area contributed by atoms with E-state index in [1.807, 2.05) is 44.2 Å². The Morgan fingerprint density at radius 1 is 1.33 bits per heavy atom. The van der Waals surface area contributed by atoms with Gasteiger partial charge in [-0.1, -0.05) is 44.2 Å². The molecule has 0 amide bonds. The van der Waals surface area contributed by atoms with E-state index in [-0.39, 0.29) is 12.0 Å². The lowest BCUT2D eigenvalue weighted by molar-refractivity contribution is -0.141. The van der Waals surface area contributed by atoms with Crippen molar-refractivity contribution in [3.63, 3.8) is 0 Å². The first kappa shape index (κ1) is 14.7. The highest BCUT2D eigenvalue weighted by Gasteiger charge is 2.25. The number of nitrogens with one attached hydrogen (secondary N) is 1. The van der Waals surface area contributed by atoms with Crippen molar-refractivity contribution in [1.29, 1.82) is 0 Å². The SMILES string of the molecule is COCC(NC(C(=O)O)C(C)C)c1ccccc1. The van der Waals surface area contributed by atoms with Crippen molar-refractivity contribution in [3.8, 4) is 0 Å². The summed E-state index contributed by atoms with van der Waals surface area (Å²) in [4.78, 5) is 11.2. The topological polar surface area (TPSA) is 58.6 Å². The van der Waals surface area contributed by atoms with Gasteiger partial charge in [0.15, 0.2) is 0 Å². The van der Waals surface area contributed by atoms with E-state index in [9.17, 15) is 9.90 Å². The summed E-state index contributed by atoms with van der Waals surface area (Å²) >= 11 is 0. The maximum absolute atomic E-state index is 11.2. The minimum Gasteiger partial charge on any atom is -0.480 e. The van der Waals surface area contributed by atoms with Crippen LogP contribution in [0.5, 0.6) is 0 Å². The van der Waals surface area contributed by atoms with E-state index in [0.29, 0.717) is 6.61 Å². The zero-order valence-corrected chi connectivity index (χ0v) is 11.1. The van der Waals surface area contributed by atoms with Crippen LogP contribution in [-0.2, 0) is 9.53 Å². The molecule has 0 saturated carbocycles. The van der Waals surface area contributed by atoms with Crippen molar-refractivity contribution in [2.45, 2.75) is 25.9 Å². The fourth-order valence-electron chi connectivity index (χ4n) is 1.86. The van der Waals surface area contributed by atoms with Crippen LogP contribution < -0.4 is 5.32 Å². The molecule has 2 N–H and O–H groups in total. The quantitative estimate of drug-likeness (QED) is 0.779. The Balaban J connectivity index is 2.83. The first-order valence-corrected chi connectivity index (χ1v) is 6.09. The minimum atomic E-state index is -0.831. The second-order valence-electron chi connectivity index (χ2n) is 4.65. The third kappa shape index (κ3) is 4.13. The highest BCUT2D eigenvalue weighted by molar-refractivity contribution is 5.73. The van der Waals surface area contributed by atoms with E-state index in [0.717, 1.165) is 5.56 Å². The van der Waals surface area contributed by atoms with Crippen molar-refractivity contribution < 1.29 is 14.6 Å². The number of methoxy groups -OCH3 is 1. The summed E-state index contributed by atoms with van der Waals surface area (Å²) in [6.45, 7) is 4.22. The highest BCUT2D eigenvalue weighted by atomic mass is 16.5. The Hall–Kier alpha value is -1.39. The van der Waals surface area contributed by atoms with E-state index >= 15 is 0 Å². The molecule has 100 valence electrons. The predicted octanol–water partition coefficient (Wildman–Crippen LogP) is 2.07. The molecule has 1 rings (SSSR count). The second kappa shape index (κ2) is 7.13. The number of benzene rings is 1. The largest absolute Gasteiger partial charge is 0.480 e. The fraction of sp³-hybridized carbons (Fsp3) is 0.500. The van der Waals surface area contributed by atoms with Crippen molar-refractivity contribution in [1.82, 2.24) is 5.32 Å². The molecule has 0 aromatic heterocycles. The summed E-state index contributed by atoms with van der Waals surface area (Å²) in [7, 11) is 1.61. The molecule has 2 unspecified atom stereocenters. The average molecular weight is 251 g/mol. The molecule has 0 aliphatic carbocycles. The van der Waals surface area contributed by atoms with E-state index in [4.69, 9.17) is 4.74 Å². The van der Waals surface area contributed by atoms with Crippen molar-refractivity contribution in [2.75, 3.05) is 13.7 Å². The van der Waals surface area contributed by atoms with Gasteiger partial charge in [0, 0.05) is 7.11 Å². The second-order valence-corrected chi connectivity index (χ2v) is 4.65. The molecule has 18 heavy (non-hydrogen) atoms. The van der Waals surface area contributed by atoms with Crippen LogP contribution >= 0.6 is 0 Å². The maximum Gasteiger partial charge on any atom is 0.320 e. The monoisotopic (exact) mass is 251 g/mol. The standard InChI is InChI=1S/C14H21NO3/c1-10(2)13(14(16)17)15-12(9-18-3)11-7-5-4-6-8-11/h4-8,10,12-13,15H,9H2,1-3H3,(H,16,17). The fourth-order valence-corrected chi connectivity index (χ4v) is 1.86. The first-order chi connectivity index (χ1) is 8.56. The lowest BCUT2D eigenvalue weighted by Crippen LogP contribution is -2.44. The smallest absolute Gasteiger partial charge is 0.320 e. The van der Waals surface area contributed by atoms with Gasteiger partial charge in [0.05, 0.1) is 12.6 Å². The maximum atomic E-state index is 11.2. The van der Waals surface area contributed by atoms with E-state index < -0.39 is 12.0 Å². The number of carboxylic acid groups (broad SMARTS) is 1. The Bertz CT molecular complexity index is 365. The summed E-state index contributed by atoms with van der Waals surface area (Å²) in [6, 6.07) is 9.05. The summed E-state index contributed by atoms with van der Waals surface area (Å²) in [5, 5.41) is 12.4. The number of carbonyl (C=O) groups is 1. The van der Waals surface area contributed by atoms with Gasteiger partial charge in [-0.3, -0.25) is 10.1 Å². The molecular weight excluding hydrogens is 230 g/mol. The summed E-state index contributed by atoms with van der Waals surface area (Å²) in [5.74, 6) is -0.812. The summed E-state index contributed by atoms with van der Waals surface area (Å²) in [5.41, 5.74) is 1.03. The molecule has 0 aliphatic rings. The Labute approximate surface area is 108 Å². The van der Waals surface area contributed by atoms with Crippen LogP contribution in [0.3, 0.4) is 0 Å². The van der Waals surface area contributed by atoms with Gasteiger partial charge in [-0.15, -0.1) is 0 Å². The number of aliphatic carboxylic acids is 1. The number of rotatable bonds is 7. The van der Waals surface area contributed by atoms with Gasteiger partial charge in [0.1, 0.15) is 6.04 Å². The van der Waals surface area contributed by atoms with Crippen LogP contribution in [0.4, 0.5) is 0 Å². The number of hydrogen-bond acceptors (Lipinski definition) is 3. The van der Waals surface area contributed by atoms with E-state index in [1.165, 1.54) is 0 Å². The van der Waals surface area contributed by atoms with Crippen LogP contribution in [0.25, 0.3) is 0 Å².